The van der Waals surface area contributed by atoms with Gasteiger partial charge in [-0.1, -0.05) is 36.2 Å². The summed E-state index contributed by atoms with van der Waals surface area (Å²) >= 11 is 12.2. The van der Waals surface area contributed by atoms with Gasteiger partial charge in [-0.15, -0.1) is 0 Å². The van der Waals surface area contributed by atoms with E-state index >= 15 is 0 Å². The number of ether oxygens (including phenoxy) is 2. The number of fused-ring (bicyclic) bond motifs is 1. The summed E-state index contributed by atoms with van der Waals surface area (Å²) in [6, 6.07) is 8.74. The molecule has 0 bridgehead atoms. The molecule has 1 N–H and O–H groups in total. The molecule has 2 aromatic carbocycles. The molecule has 190 valence electrons. The summed E-state index contributed by atoms with van der Waals surface area (Å²) in [7, 11) is -2.37. The molecule has 0 saturated carbocycles. The Labute approximate surface area is 214 Å². The maximum absolute atomic E-state index is 13.6. The van der Waals surface area contributed by atoms with Crippen LogP contribution in [0.25, 0.3) is 0 Å². The van der Waals surface area contributed by atoms with Crippen molar-refractivity contribution in [2.45, 2.75) is 32.9 Å². The SMILES string of the molecule is CC[C@@H](C(=O)NC)N(Cc1ccc(Cl)c(Cl)c1)C(=O)CN(c1ccc2c(c1)OCO2)S(=O)(=O)CC. The van der Waals surface area contributed by atoms with Crippen LogP contribution in [0.4, 0.5) is 5.69 Å². The molecule has 0 unspecified atom stereocenters. The summed E-state index contributed by atoms with van der Waals surface area (Å²) < 4.78 is 37.7. The number of rotatable bonds is 10. The fourth-order valence-corrected chi connectivity index (χ4v) is 5.06. The monoisotopic (exact) mass is 543 g/mol. The number of nitrogens with zero attached hydrogens (tertiary/aromatic N) is 2. The van der Waals surface area contributed by atoms with E-state index in [-0.39, 0.29) is 30.7 Å². The number of amides is 2. The molecule has 0 saturated heterocycles. The molecule has 35 heavy (non-hydrogen) atoms. The molecule has 0 radical (unpaired) electrons. The predicted octanol–water partition coefficient (Wildman–Crippen LogP) is 3.43. The maximum Gasteiger partial charge on any atom is 0.244 e. The fraction of sp³-hybridized carbons (Fsp3) is 0.391. The van der Waals surface area contributed by atoms with Crippen molar-refractivity contribution in [3.8, 4) is 11.5 Å². The van der Waals surface area contributed by atoms with Gasteiger partial charge in [0.25, 0.3) is 0 Å². The molecular formula is C23H27Cl2N3O6S. The second-order valence-corrected chi connectivity index (χ2v) is 10.7. The Morgan fingerprint density at radius 3 is 2.40 bits per heavy atom. The van der Waals surface area contributed by atoms with Crippen LogP contribution in [-0.4, -0.2) is 57.3 Å². The van der Waals surface area contributed by atoms with Crippen molar-refractivity contribution in [2.24, 2.45) is 0 Å². The number of sulfonamides is 1. The van der Waals surface area contributed by atoms with Gasteiger partial charge < -0.3 is 19.7 Å². The van der Waals surface area contributed by atoms with Gasteiger partial charge in [0, 0.05) is 19.7 Å². The lowest BCUT2D eigenvalue weighted by atomic mass is 10.1. The highest BCUT2D eigenvalue weighted by atomic mass is 35.5. The van der Waals surface area contributed by atoms with E-state index in [9.17, 15) is 18.0 Å². The van der Waals surface area contributed by atoms with Gasteiger partial charge in [0.05, 0.1) is 21.5 Å². The van der Waals surface area contributed by atoms with E-state index in [1.54, 1.807) is 37.3 Å². The van der Waals surface area contributed by atoms with Crippen LogP contribution < -0.4 is 19.1 Å². The molecule has 9 nitrogen and oxygen atoms in total. The Kier molecular flexibility index (Phi) is 8.74. The maximum atomic E-state index is 13.6. The average Bonchev–Trinajstić information content (AvgIpc) is 3.32. The van der Waals surface area contributed by atoms with E-state index in [0.717, 1.165) is 4.31 Å². The number of anilines is 1. The largest absolute Gasteiger partial charge is 0.454 e. The summed E-state index contributed by atoms with van der Waals surface area (Å²) in [6.45, 7) is 2.81. The molecule has 2 aromatic rings. The first-order valence-corrected chi connectivity index (χ1v) is 13.3. The quantitative estimate of drug-likeness (QED) is 0.492. The Morgan fingerprint density at radius 1 is 1.06 bits per heavy atom. The third-order valence-electron chi connectivity index (χ3n) is 5.59. The van der Waals surface area contributed by atoms with Crippen LogP contribution in [0.3, 0.4) is 0 Å². The standard InChI is InChI=1S/C23H27Cl2N3O6S/c1-4-19(23(30)26-3)27(12-15-6-8-17(24)18(25)10-15)22(29)13-28(35(31,32)5-2)16-7-9-20-21(11-16)34-14-33-20/h6-11,19H,4-5,12-14H2,1-3H3,(H,26,30)/t19-/m0/s1. The Hall–Kier alpha value is -2.69. The number of likely N-dealkylation sites (N-methyl/N-ethyl adjacent to an activating group) is 1. The van der Waals surface area contributed by atoms with E-state index in [1.165, 1.54) is 24.9 Å². The summed E-state index contributed by atoms with van der Waals surface area (Å²) in [5, 5.41) is 3.23. The first kappa shape index (κ1) is 26.9. The van der Waals surface area contributed by atoms with Gasteiger partial charge in [0.15, 0.2) is 11.5 Å². The van der Waals surface area contributed by atoms with E-state index in [0.29, 0.717) is 33.5 Å². The zero-order chi connectivity index (χ0) is 25.8. The van der Waals surface area contributed by atoms with Gasteiger partial charge in [-0.2, -0.15) is 0 Å². The number of benzene rings is 2. The van der Waals surface area contributed by atoms with E-state index in [2.05, 4.69) is 5.32 Å². The van der Waals surface area contributed by atoms with Crippen LogP contribution in [0.1, 0.15) is 25.8 Å². The van der Waals surface area contributed by atoms with E-state index < -0.39 is 28.5 Å². The van der Waals surface area contributed by atoms with Gasteiger partial charge >= 0.3 is 0 Å². The summed E-state index contributed by atoms with van der Waals surface area (Å²) in [5.41, 5.74) is 0.898. The van der Waals surface area contributed by atoms with Crippen molar-refractivity contribution in [3.63, 3.8) is 0 Å². The number of carbonyl (C=O) groups excluding carboxylic acids is 2. The van der Waals surface area contributed by atoms with Crippen molar-refractivity contribution in [3.05, 3.63) is 52.0 Å². The molecule has 0 aliphatic carbocycles. The van der Waals surface area contributed by atoms with Gasteiger partial charge in [-0.25, -0.2) is 8.42 Å². The van der Waals surface area contributed by atoms with Crippen molar-refractivity contribution >= 4 is 50.7 Å². The van der Waals surface area contributed by atoms with Crippen molar-refractivity contribution in [1.29, 1.82) is 0 Å². The van der Waals surface area contributed by atoms with Crippen LogP contribution in [0.15, 0.2) is 36.4 Å². The van der Waals surface area contributed by atoms with E-state index in [1.807, 2.05) is 0 Å². The van der Waals surface area contributed by atoms with Crippen LogP contribution in [0, 0.1) is 0 Å². The molecule has 3 rings (SSSR count). The first-order chi connectivity index (χ1) is 16.6. The number of carbonyl (C=O) groups is 2. The van der Waals surface area contributed by atoms with Crippen LogP contribution in [0.5, 0.6) is 11.5 Å². The minimum Gasteiger partial charge on any atom is -0.454 e. The van der Waals surface area contributed by atoms with Crippen molar-refractivity contribution in [2.75, 3.05) is 30.4 Å². The molecule has 1 aliphatic heterocycles. The summed E-state index contributed by atoms with van der Waals surface area (Å²) in [4.78, 5) is 27.6. The molecule has 0 fully saturated rings. The molecule has 1 atom stereocenters. The first-order valence-electron chi connectivity index (χ1n) is 11.0. The molecule has 0 aromatic heterocycles. The average molecular weight is 544 g/mol. The molecule has 1 heterocycles. The third kappa shape index (κ3) is 6.12. The fourth-order valence-electron chi connectivity index (χ4n) is 3.68. The summed E-state index contributed by atoms with van der Waals surface area (Å²) in [5.74, 6) is -0.277. The van der Waals surface area contributed by atoms with Crippen LogP contribution >= 0.6 is 23.2 Å². The Bertz CT molecular complexity index is 1210. The minimum absolute atomic E-state index is 0.0278. The molecule has 0 spiro atoms. The number of nitrogens with one attached hydrogen (secondary N) is 1. The molecule has 1 aliphatic rings. The summed E-state index contributed by atoms with van der Waals surface area (Å²) in [6.07, 6.45) is 0.317. The minimum atomic E-state index is -3.85. The zero-order valence-corrected chi connectivity index (χ0v) is 21.9. The highest BCUT2D eigenvalue weighted by Crippen LogP contribution is 2.36. The zero-order valence-electron chi connectivity index (χ0n) is 19.6. The third-order valence-corrected chi connectivity index (χ3v) is 8.07. The lowest BCUT2D eigenvalue weighted by Crippen LogP contribution is -2.52. The lowest BCUT2D eigenvalue weighted by molar-refractivity contribution is -0.140. The number of hydrogen-bond acceptors (Lipinski definition) is 6. The van der Waals surface area contributed by atoms with Gasteiger partial charge in [0.1, 0.15) is 12.6 Å². The predicted molar refractivity (Wildman–Crippen MR) is 135 cm³/mol. The van der Waals surface area contributed by atoms with Gasteiger partial charge in [-0.05, 0) is 43.2 Å². The van der Waals surface area contributed by atoms with Crippen LogP contribution in [-0.2, 0) is 26.2 Å². The molecule has 2 amide bonds. The second kappa shape index (κ2) is 11.4. The lowest BCUT2D eigenvalue weighted by Gasteiger charge is -2.33. The normalized spacial score (nSPS) is 13.3. The Morgan fingerprint density at radius 2 is 1.77 bits per heavy atom. The number of hydrogen-bond donors (Lipinski definition) is 1. The second-order valence-electron chi connectivity index (χ2n) is 7.75. The van der Waals surface area contributed by atoms with E-state index in [4.69, 9.17) is 32.7 Å². The number of halogens is 2. The Balaban J connectivity index is 1.98. The van der Waals surface area contributed by atoms with Gasteiger partial charge in [0.2, 0.25) is 28.6 Å². The van der Waals surface area contributed by atoms with Gasteiger partial charge in [-0.3, -0.25) is 13.9 Å². The highest BCUT2D eigenvalue weighted by Gasteiger charge is 2.32. The molecular weight excluding hydrogens is 517 g/mol. The van der Waals surface area contributed by atoms with Crippen molar-refractivity contribution in [1.82, 2.24) is 10.2 Å². The molecule has 12 heteroatoms. The topological polar surface area (TPSA) is 105 Å². The van der Waals surface area contributed by atoms with Crippen LogP contribution in [0.2, 0.25) is 10.0 Å². The smallest absolute Gasteiger partial charge is 0.244 e. The highest BCUT2D eigenvalue weighted by molar-refractivity contribution is 7.92. The van der Waals surface area contributed by atoms with Crippen molar-refractivity contribution < 1.29 is 27.5 Å².